The summed E-state index contributed by atoms with van der Waals surface area (Å²) in [6, 6.07) is 0. The van der Waals surface area contributed by atoms with E-state index in [1.807, 2.05) is 0 Å². The van der Waals surface area contributed by atoms with E-state index in [0.29, 0.717) is 31.3 Å². The van der Waals surface area contributed by atoms with Crippen molar-refractivity contribution in [3.05, 3.63) is 12.2 Å². The van der Waals surface area contributed by atoms with Crippen molar-refractivity contribution in [3.63, 3.8) is 0 Å². The van der Waals surface area contributed by atoms with Gasteiger partial charge in [-0.05, 0) is 31.1 Å². The minimum atomic E-state index is -0.135. The highest BCUT2D eigenvalue weighted by atomic mass is 16.6. The first-order valence-corrected chi connectivity index (χ1v) is 6.77. The van der Waals surface area contributed by atoms with Crippen molar-refractivity contribution >= 4 is 11.9 Å². The number of ether oxygens (including phenoxy) is 2. The molecule has 0 aromatic carbocycles. The van der Waals surface area contributed by atoms with Gasteiger partial charge in [-0.1, -0.05) is 12.2 Å². The van der Waals surface area contributed by atoms with E-state index in [4.69, 9.17) is 9.47 Å². The molecule has 1 heterocycles. The van der Waals surface area contributed by atoms with Crippen LogP contribution in [0.2, 0.25) is 0 Å². The number of allylic oxidation sites excluding steroid dienone is 2. The Bertz CT molecular complexity index is 387. The van der Waals surface area contributed by atoms with Gasteiger partial charge in [-0.15, -0.1) is 0 Å². The number of cyclic esters (lactones) is 1. The second-order valence-electron chi connectivity index (χ2n) is 5.49. The molecule has 1 aliphatic heterocycles. The van der Waals surface area contributed by atoms with Gasteiger partial charge in [0.2, 0.25) is 0 Å². The molecule has 2 fully saturated rings. The molecule has 4 atom stereocenters. The Kier molecular flexibility index (Phi) is 3.10. The van der Waals surface area contributed by atoms with E-state index in [9.17, 15) is 9.59 Å². The summed E-state index contributed by atoms with van der Waals surface area (Å²) >= 11 is 0. The molecule has 0 radical (unpaired) electrons. The molecule has 4 unspecified atom stereocenters. The van der Waals surface area contributed by atoms with Gasteiger partial charge in [-0.3, -0.25) is 9.59 Å². The van der Waals surface area contributed by atoms with Crippen molar-refractivity contribution in [3.8, 4) is 0 Å². The van der Waals surface area contributed by atoms with Crippen LogP contribution in [0.4, 0.5) is 0 Å². The van der Waals surface area contributed by atoms with Crippen LogP contribution in [0.1, 0.15) is 32.1 Å². The minimum absolute atomic E-state index is 0.0507. The number of carbonyl (C=O) groups is 2. The summed E-state index contributed by atoms with van der Waals surface area (Å²) in [4.78, 5) is 22.8. The summed E-state index contributed by atoms with van der Waals surface area (Å²) in [6.45, 7) is 0.369. The third-order valence-electron chi connectivity index (χ3n) is 4.23. The van der Waals surface area contributed by atoms with Gasteiger partial charge in [-0.2, -0.15) is 0 Å². The van der Waals surface area contributed by atoms with Crippen LogP contribution in [-0.2, 0) is 19.1 Å². The third kappa shape index (κ3) is 2.28. The monoisotopic (exact) mass is 250 g/mol. The highest BCUT2D eigenvalue weighted by molar-refractivity contribution is 5.74. The maximum Gasteiger partial charge on any atom is 0.309 e. The molecule has 0 spiro atoms. The van der Waals surface area contributed by atoms with Crippen molar-refractivity contribution in [2.24, 2.45) is 17.8 Å². The van der Waals surface area contributed by atoms with Crippen LogP contribution in [-0.4, -0.2) is 24.6 Å². The van der Waals surface area contributed by atoms with Gasteiger partial charge in [0, 0.05) is 12.8 Å². The summed E-state index contributed by atoms with van der Waals surface area (Å²) in [5.41, 5.74) is 0. The summed E-state index contributed by atoms with van der Waals surface area (Å²) < 4.78 is 10.4. The molecule has 18 heavy (non-hydrogen) atoms. The number of hydrogen-bond donors (Lipinski definition) is 0. The van der Waals surface area contributed by atoms with Crippen LogP contribution >= 0.6 is 0 Å². The lowest BCUT2D eigenvalue weighted by Gasteiger charge is -2.17. The predicted octanol–water partition coefficient (Wildman–Crippen LogP) is 1.84. The SMILES string of the molecule is O=C1CCC(CCOC(=O)C2CC3C=CC2C3)O1. The van der Waals surface area contributed by atoms with Gasteiger partial charge in [0.25, 0.3) is 0 Å². The fourth-order valence-corrected chi connectivity index (χ4v) is 3.24. The van der Waals surface area contributed by atoms with Crippen molar-refractivity contribution in [1.29, 1.82) is 0 Å². The van der Waals surface area contributed by atoms with Crippen LogP contribution in [0.25, 0.3) is 0 Å². The zero-order chi connectivity index (χ0) is 12.5. The van der Waals surface area contributed by atoms with Crippen molar-refractivity contribution in [1.82, 2.24) is 0 Å². The molecule has 1 saturated heterocycles. The van der Waals surface area contributed by atoms with Gasteiger partial charge in [0.05, 0.1) is 12.5 Å². The topological polar surface area (TPSA) is 52.6 Å². The highest BCUT2D eigenvalue weighted by Gasteiger charge is 2.40. The first-order chi connectivity index (χ1) is 8.72. The zero-order valence-electron chi connectivity index (χ0n) is 10.3. The quantitative estimate of drug-likeness (QED) is 0.564. The molecule has 0 amide bonds. The second-order valence-corrected chi connectivity index (χ2v) is 5.49. The maximum atomic E-state index is 11.9. The van der Waals surface area contributed by atoms with E-state index in [-0.39, 0.29) is 24.0 Å². The first-order valence-electron chi connectivity index (χ1n) is 6.77. The molecule has 0 aromatic rings. The molecule has 98 valence electrons. The molecule has 2 aliphatic carbocycles. The Morgan fingerprint density at radius 2 is 2.28 bits per heavy atom. The molecular weight excluding hydrogens is 232 g/mol. The third-order valence-corrected chi connectivity index (χ3v) is 4.23. The van der Waals surface area contributed by atoms with Gasteiger partial charge in [-0.25, -0.2) is 0 Å². The molecule has 4 heteroatoms. The highest BCUT2D eigenvalue weighted by Crippen LogP contribution is 2.43. The maximum absolute atomic E-state index is 11.9. The van der Waals surface area contributed by atoms with E-state index in [1.165, 1.54) is 0 Å². The van der Waals surface area contributed by atoms with E-state index in [0.717, 1.165) is 19.3 Å². The molecule has 3 rings (SSSR count). The Morgan fingerprint density at radius 1 is 1.39 bits per heavy atom. The number of fused-ring (bicyclic) bond motifs is 2. The Labute approximate surface area is 106 Å². The van der Waals surface area contributed by atoms with E-state index < -0.39 is 0 Å². The average Bonchev–Trinajstić information content (AvgIpc) is 3.05. The van der Waals surface area contributed by atoms with Crippen LogP contribution in [0.15, 0.2) is 12.2 Å². The molecule has 0 N–H and O–H groups in total. The van der Waals surface area contributed by atoms with Gasteiger partial charge >= 0.3 is 11.9 Å². The Morgan fingerprint density at radius 3 is 2.89 bits per heavy atom. The smallest absolute Gasteiger partial charge is 0.309 e. The largest absolute Gasteiger partial charge is 0.465 e. The van der Waals surface area contributed by atoms with Crippen LogP contribution in [0, 0.1) is 17.8 Å². The minimum Gasteiger partial charge on any atom is -0.465 e. The average molecular weight is 250 g/mol. The molecule has 3 aliphatic rings. The van der Waals surface area contributed by atoms with E-state index >= 15 is 0 Å². The van der Waals surface area contributed by atoms with Gasteiger partial charge in [0.15, 0.2) is 0 Å². The molecule has 2 bridgehead atoms. The Hall–Kier alpha value is -1.32. The number of hydrogen-bond acceptors (Lipinski definition) is 4. The summed E-state index contributed by atoms with van der Waals surface area (Å²) in [5, 5.41) is 0. The summed E-state index contributed by atoms with van der Waals surface area (Å²) in [5.74, 6) is 0.835. The zero-order valence-corrected chi connectivity index (χ0v) is 10.3. The molecule has 1 saturated carbocycles. The van der Waals surface area contributed by atoms with Crippen LogP contribution in [0.5, 0.6) is 0 Å². The normalized spacial score (nSPS) is 37.0. The standard InChI is InChI=1S/C14H18O4/c15-13-4-3-11(18-13)5-6-17-14(16)12-8-9-1-2-10(12)7-9/h1-2,9-12H,3-8H2. The van der Waals surface area contributed by atoms with E-state index in [2.05, 4.69) is 12.2 Å². The lowest BCUT2D eigenvalue weighted by atomic mass is 9.94. The van der Waals surface area contributed by atoms with Crippen molar-refractivity contribution < 1.29 is 19.1 Å². The fraction of sp³-hybridized carbons (Fsp3) is 0.714. The fourth-order valence-electron chi connectivity index (χ4n) is 3.24. The number of carbonyl (C=O) groups excluding carboxylic acids is 2. The summed E-state index contributed by atoms with van der Waals surface area (Å²) in [7, 11) is 0. The van der Waals surface area contributed by atoms with Gasteiger partial charge in [0.1, 0.15) is 6.10 Å². The Balaban J connectivity index is 1.40. The predicted molar refractivity (Wildman–Crippen MR) is 63.5 cm³/mol. The lowest BCUT2D eigenvalue weighted by molar-refractivity contribution is -0.150. The number of rotatable bonds is 4. The van der Waals surface area contributed by atoms with Crippen LogP contribution < -0.4 is 0 Å². The van der Waals surface area contributed by atoms with Crippen molar-refractivity contribution in [2.45, 2.75) is 38.2 Å². The molecule has 4 nitrogen and oxygen atoms in total. The van der Waals surface area contributed by atoms with Crippen LogP contribution in [0.3, 0.4) is 0 Å². The second kappa shape index (κ2) is 4.75. The molecular formula is C14H18O4. The molecule has 0 aromatic heterocycles. The van der Waals surface area contributed by atoms with E-state index in [1.54, 1.807) is 0 Å². The van der Waals surface area contributed by atoms with Gasteiger partial charge < -0.3 is 9.47 Å². The summed E-state index contributed by atoms with van der Waals surface area (Å²) in [6.07, 6.45) is 8.26. The van der Waals surface area contributed by atoms with Crippen molar-refractivity contribution in [2.75, 3.05) is 6.61 Å². The number of esters is 2. The lowest BCUT2D eigenvalue weighted by Crippen LogP contribution is -2.23. The first kappa shape index (κ1) is 11.8.